The Labute approximate surface area is 81.0 Å². The summed E-state index contributed by atoms with van der Waals surface area (Å²) in [7, 11) is 0. The maximum atomic E-state index is 3.66. The Morgan fingerprint density at radius 1 is 1.30 bits per heavy atom. The van der Waals surface area contributed by atoms with Gasteiger partial charge in [-0.05, 0) is 12.3 Å². The predicted octanol–water partition coefficient (Wildman–Crippen LogP) is 4.32. The molecule has 0 atom stereocenters. The van der Waals surface area contributed by atoms with Crippen LogP contribution in [0, 0.1) is 5.92 Å². The van der Waals surface area contributed by atoms with Crippen LogP contribution in [0.1, 0.15) is 40.0 Å². The number of halogens is 2. The van der Waals surface area contributed by atoms with E-state index in [1.807, 2.05) is 0 Å². The highest BCUT2D eigenvalue weighted by molar-refractivity contribution is 9.25. The van der Waals surface area contributed by atoms with Gasteiger partial charge in [0.1, 0.15) is 0 Å². The Morgan fingerprint density at radius 2 is 1.80 bits per heavy atom. The first-order chi connectivity index (χ1) is 4.50. The molecule has 0 N–H and O–H groups in total. The highest BCUT2D eigenvalue weighted by Crippen LogP contribution is 2.39. The van der Waals surface area contributed by atoms with Crippen molar-refractivity contribution in [3.05, 3.63) is 0 Å². The molecule has 10 heavy (non-hydrogen) atoms. The standard InChI is InChI=1S/C8H16Br2/c1-4-5-6-8(9,10)7(2)3/h7H,4-6H2,1-3H3. The molecule has 0 saturated heterocycles. The van der Waals surface area contributed by atoms with Crippen LogP contribution in [0.4, 0.5) is 0 Å². The van der Waals surface area contributed by atoms with Gasteiger partial charge in [0.25, 0.3) is 0 Å². The van der Waals surface area contributed by atoms with E-state index >= 15 is 0 Å². The first-order valence-corrected chi connectivity index (χ1v) is 5.47. The van der Waals surface area contributed by atoms with E-state index in [0.717, 1.165) is 0 Å². The molecule has 0 fully saturated rings. The number of unbranched alkanes of at least 4 members (excludes halogenated alkanes) is 1. The fraction of sp³-hybridized carbons (Fsp3) is 1.00. The van der Waals surface area contributed by atoms with Gasteiger partial charge in [-0.15, -0.1) is 0 Å². The Balaban J connectivity index is 3.63. The van der Waals surface area contributed by atoms with Crippen LogP contribution in [-0.4, -0.2) is 3.23 Å². The predicted molar refractivity (Wildman–Crippen MR) is 54.9 cm³/mol. The van der Waals surface area contributed by atoms with Crippen molar-refractivity contribution in [3.63, 3.8) is 0 Å². The van der Waals surface area contributed by atoms with Crippen LogP contribution in [0.3, 0.4) is 0 Å². The summed E-state index contributed by atoms with van der Waals surface area (Å²) in [5.41, 5.74) is 0. The van der Waals surface area contributed by atoms with Gasteiger partial charge in [-0.25, -0.2) is 0 Å². The third-order valence-electron chi connectivity index (χ3n) is 1.71. The van der Waals surface area contributed by atoms with Crippen LogP contribution in [0.2, 0.25) is 0 Å². The van der Waals surface area contributed by atoms with E-state index in [4.69, 9.17) is 0 Å². The minimum atomic E-state index is 0.177. The molecule has 0 saturated carbocycles. The first-order valence-electron chi connectivity index (χ1n) is 3.88. The molecule has 0 aromatic carbocycles. The lowest BCUT2D eigenvalue weighted by Gasteiger charge is -2.24. The zero-order valence-corrected chi connectivity index (χ0v) is 10.1. The van der Waals surface area contributed by atoms with Crippen molar-refractivity contribution in [2.45, 2.75) is 43.3 Å². The van der Waals surface area contributed by atoms with Crippen LogP contribution < -0.4 is 0 Å². The average molecular weight is 272 g/mol. The maximum Gasteiger partial charge on any atom is 0.0828 e. The molecule has 0 aliphatic rings. The molecule has 0 bridgehead atoms. The molecule has 0 aliphatic heterocycles. The van der Waals surface area contributed by atoms with Crippen molar-refractivity contribution in [2.24, 2.45) is 5.92 Å². The van der Waals surface area contributed by atoms with Crippen LogP contribution in [0.25, 0.3) is 0 Å². The van der Waals surface area contributed by atoms with E-state index in [9.17, 15) is 0 Å². The minimum absolute atomic E-state index is 0.177. The minimum Gasteiger partial charge on any atom is -0.0724 e. The number of hydrogen-bond donors (Lipinski definition) is 0. The second-order valence-electron chi connectivity index (χ2n) is 3.02. The topological polar surface area (TPSA) is 0 Å². The lowest BCUT2D eigenvalue weighted by atomic mass is 10.1. The highest BCUT2D eigenvalue weighted by atomic mass is 79.9. The van der Waals surface area contributed by atoms with Crippen molar-refractivity contribution in [1.29, 1.82) is 0 Å². The molecule has 0 aromatic heterocycles. The van der Waals surface area contributed by atoms with Gasteiger partial charge in [-0.1, -0.05) is 65.5 Å². The van der Waals surface area contributed by atoms with E-state index in [-0.39, 0.29) is 3.23 Å². The molecule has 0 aliphatic carbocycles. The van der Waals surface area contributed by atoms with Crippen molar-refractivity contribution in [1.82, 2.24) is 0 Å². The van der Waals surface area contributed by atoms with Gasteiger partial charge < -0.3 is 0 Å². The molecular weight excluding hydrogens is 256 g/mol. The van der Waals surface area contributed by atoms with Crippen LogP contribution in [0.5, 0.6) is 0 Å². The summed E-state index contributed by atoms with van der Waals surface area (Å²) in [5.74, 6) is 0.652. The monoisotopic (exact) mass is 270 g/mol. The number of alkyl halides is 2. The summed E-state index contributed by atoms with van der Waals surface area (Å²) in [5, 5.41) is 0. The smallest absolute Gasteiger partial charge is 0.0724 e. The molecule has 0 rings (SSSR count). The molecule has 0 spiro atoms. The SMILES string of the molecule is CCCCC(Br)(Br)C(C)C. The Morgan fingerprint density at radius 3 is 2.10 bits per heavy atom. The van der Waals surface area contributed by atoms with Crippen LogP contribution >= 0.6 is 31.9 Å². The van der Waals surface area contributed by atoms with E-state index in [1.165, 1.54) is 19.3 Å². The summed E-state index contributed by atoms with van der Waals surface area (Å²) < 4.78 is 0.177. The summed E-state index contributed by atoms with van der Waals surface area (Å²) >= 11 is 7.33. The Kier molecular flexibility index (Phi) is 5.22. The second kappa shape index (κ2) is 4.76. The van der Waals surface area contributed by atoms with E-state index < -0.39 is 0 Å². The summed E-state index contributed by atoms with van der Waals surface area (Å²) in [6, 6.07) is 0. The summed E-state index contributed by atoms with van der Waals surface area (Å²) in [6.45, 7) is 6.66. The van der Waals surface area contributed by atoms with Crippen molar-refractivity contribution in [2.75, 3.05) is 0 Å². The van der Waals surface area contributed by atoms with E-state index in [2.05, 4.69) is 52.6 Å². The van der Waals surface area contributed by atoms with Gasteiger partial charge in [0.15, 0.2) is 0 Å². The fourth-order valence-electron chi connectivity index (χ4n) is 0.701. The Hall–Kier alpha value is 0.960. The molecule has 0 nitrogen and oxygen atoms in total. The molecule has 0 unspecified atom stereocenters. The molecular formula is C8H16Br2. The summed E-state index contributed by atoms with van der Waals surface area (Å²) in [4.78, 5) is 0. The highest BCUT2D eigenvalue weighted by Gasteiger charge is 2.25. The number of hydrogen-bond acceptors (Lipinski definition) is 0. The first kappa shape index (κ1) is 11.0. The average Bonchev–Trinajstić information content (AvgIpc) is 1.84. The Bertz CT molecular complexity index is 87.3. The van der Waals surface area contributed by atoms with Gasteiger partial charge >= 0.3 is 0 Å². The van der Waals surface area contributed by atoms with Gasteiger partial charge in [0.2, 0.25) is 0 Å². The largest absolute Gasteiger partial charge is 0.0828 e. The third-order valence-corrected chi connectivity index (χ3v) is 4.33. The molecule has 0 amide bonds. The fourth-order valence-corrected chi connectivity index (χ4v) is 1.26. The summed E-state index contributed by atoms with van der Waals surface area (Å²) in [6.07, 6.45) is 3.77. The third kappa shape index (κ3) is 3.97. The van der Waals surface area contributed by atoms with E-state index in [1.54, 1.807) is 0 Å². The lowest BCUT2D eigenvalue weighted by molar-refractivity contribution is 0.532. The van der Waals surface area contributed by atoms with Gasteiger partial charge in [0, 0.05) is 0 Å². The molecule has 62 valence electrons. The van der Waals surface area contributed by atoms with Crippen LogP contribution in [-0.2, 0) is 0 Å². The molecule has 2 heteroatoms. The van der Waals surface area contributed by atoms with Crippen molar-refractivity contribution >= 4 is 31.9 Å². The molecule has 0 aromatic rings. The molecule has 0 heterocycles. The zero-order valence-electron chi connectivity index (χ0n) is 6.95. The van der Waals surface area contributed by atoms with Crippen molar-refractivity contribution in [3.8, 4) is 0 Å². The lowest BCUT2D eigenvalue weighted by Crippen LogP contribution is -2.18. The van der Waals surface area contributed by atoms with Gasteiger partial charge in [-0.2, -0.15) is 0 Å². The zero-order chi connectivity index (χ0) is 8.20. The molecule has 0 radical (unpaired) electrons. The normalized spacial score (nSPS) is 12.6. The second-order valence-corrected chi connectivity index (χ2v) is 6.91. The maximum absolute atomic E-state index is 3.66. The quantitative estimate of drug-likeness (QED) is 0.668. The van der Waals surface area contributed by atoms with Gasteiger partial charge in [-0.3, -0.25) is 0 Å². The van der Waals surface area contributed by atoms with Crippen molar-refractivity contribution < 1.29 is 0 Å². The number of rotatable bonds is 4. The van der Waals surface area contributed by atoms with Crippen LogP contribution in [0.15, 0.2) is 0 Å². The van der Waals surface area contributed by atoms with E-state index in [0.29, 0.717) is 5.92 Å². The van der Waals surface area contributed by atoms with Gasteiger partial charge in [0.05, 0.1) is 3.23 Å².